The topological polar surface area (TPSA) is 81.7 Å². The van der Waals surface area contributed by atoms with Gasteiger partial charge in [-0.15, -0.1) is 0 Å². The van der Waals surface area contributed by atoms with Crippen LogP contribution in [0.4, 0.5) is 0 Å². The third kappa shape index (κ3) is 4.81. The molecule has 0 fully saturated rings. The number of carbonyl (C=O) groups is 3. The average molecular weight is 329 g/mol. The van der Waals surface area contributed by atoms with E-state index in [1.807, 2.05) is 30.3 Å². The van der Waals surface area contributed by atoms with Crippen LogP contribution in [0, 0.1) is 0 Å². The predicted octanol–water partition coefficient (Wildman–Crippen LogP) is 2.07. The largest absolute Gasteiger partial charge is 0.469 e. The Kier molecular flexibility index (Phi) is 6.31. The van der Waals surface area contributed by atoms with E-state index in [0.29, 0.717) is 18.5 Å². The number of rotatable bonds is 7. The lowest BCUT2D eigenvalue weighted by Crippen LogP contribution is -2.30. The number of hydrogen-bond donors (Lipinski definition) is 1. The van der Waals surface area contributed by atoms with Crippen molar-refractivity contribution in [1.29, 1.82) is 0 Å². The van der Waals surface area contributed by atoms with Gasteiger partial charge in [-0.25, -0.2) is 4.79 Å². The lowest BCUT2D eigenvalue weighted by Gasteiger charge is -2.08. The molecule has 0 aliphatic rings. The van der Waals surface area contributed by atoms with Gasteiger partial charge in [0.05, 0.1) is 12.7 Å². The minimum Gasteiger partial charge on any atom is -0.469 e. The van der Waals surface area contributed by atoms with Crippen LogP contribution < -0.4 is 5.32 Å². The summed E-state index contributed by atoms with van der Waals surface area (Å²) in [4.78, 5) is 34.7. The molecular weight excluding hydrogens is 310 g/mol. The Hall–Kier alpha value is -2.89. The highest BCUT2D eigenvalue weighted by Crippen LogP contribution is 2.19. The van der Waals surface area contributed by atoms with Gasteiger partial charge in [-0.1, -0.05) is 36.4 Å². The van der Waals surface area contributed by atoms with Crippen LogP contribution in [0.15, 0.2) is 42.5 Å². The van der Waals surface area contributed by atoms with Crippen molar-refractivity contribution in [3.05, 3.63) is 48.0 Å². The van der Waals surface area contributed by atoms with Gasteiger partial charge < -0.3 is 14.8 Å². The number of ether oxygens (including phenoxy) is 2. The lowest BCUT2D eigenvalue weighted by atomic mass is 10.1. The molecule has 0 aliphatic carbocycles. The molecule has 0 spiro atoms. The fourth-order valence-corrected chi connectivity index (χ4v) is 2.23. The van der Waals surface area contributed by atoms with Gasteiger partial charge in [0.2, 0.25) is 0 Å². The van der Waals surface area contributed by atoms with Crippen LogP contribution in [0.2, 0.25) is 0 Å². The smallest absolute Gasteiger partial charge is 0.339 e. The van der Waals surface area contributed by atoms with Crippen molar-refractivity contribution in [2.24, 2.45) is 0 Å². The molecule has 6 nitrogen and oxygen atoms in total. The van der Waals surface area contributed by atoms with E-state index in [9.17, 15) is 14.4 Å². The van der Waals surface area contributed by atoms with Crippen LogP contribution in [0.1, 0.15) is 23.2 Å². The predicted molar refractivity (Wildman–Crippen MR) is 88.5 cm³/mol. The molecule has 0 aromatic heterocycles. The molecule has 0 saturated heterocycles. The Morgan fingerprint density at radius 3 is 2.58 bits per heavy atom. The highest BCUT2D eigenvalue weighted by Gasteiger charge is 2.13. The minimum absolute atomic E-state index is 0.229. The van der Waals surface area contributed by atoms with Crippen LogP contribution in [-0.4, -0.2) is 38.1 Å². The summed E-state index contributed by atoms with van der Waals surface area (Å²) < 4.78 is 9.55. The van der Waals surface area contributed by atoms with E-state index in [1.165, 1.54) is 7.11 Å². The molecular formula is C18H19NO5. The normalized spacial score (nSPS) is 10.2. The Balaban J connectivity index is 1.82. The number of fused-ring (bicyclic) bond motifs is 1. The summed E-state index contributed by atoms with van der Waals surface area (Å²) in [6.07, 6.45) is 0.697. The molecule has 2 rings (SSSR count). The molecule has 126 valence electrons. The van der Waals surface area contributed by atoms with E-state index < -0.39 is 11.9 Å². The first kappa shape index (κ1) is 17.5. The van der Waals surface area contributed by atoms with E-state index in [1.54, 1.807) is 12.1 Å². The van der Waals surface area contributed by atoms with Gasteiger partial charge in [-0.2, -0.15) is 0 Å². The molecule has 1 amide bonds. The van der Waals surface area contributed by atoms with E-state index in [4.69, 9.17) is 4.74 Å². The molecule has 0 atom stereocenters. The number of esters is 2. The Morgan fingerprint density at radius 1 is 1.04 bits per heavy atom. The molecule has 0 heterocycles. The summed E-state index contributed by atoms with van der Waals surface area (Å²) in [6.45, 7) is -0.0416. The first-order valence-electron chi connectivity index (χ1n) is 7.60. The minimum atomic E-state index is -0.545. The number of amides is 1. The lowest BCUT2D eigenvalue weighted by molar-refractivity contribution is -0.140. The van der Waals surface area contributed by atoms with Crippen molar-refractivity contribution >= 4 is 28.6 Å². The second-order valence-electron chi connectivity index (χ2n) is 5.13. The molecule has 2 aromatic rings. The number of hydrogen-bond acceptors (Lipinski definition) is 5. The standard InChI is InChI=1S/C18H19NO5/c1-23-17(21)10-5-11-19-16(20)12-24-18(22)15-9-4-7-13-6-2-3-8-14(13)15/h2-4,6-9H,5,10-12H2,1H3,(H,19,20). The molecule has 0 saturated carbocycles. The van der Waals surface area contributed by atoms with Gasteiger partial charge >= 0.3 is 11.9 Å². The molecule has 1 N–H and O–H groups in total. The van der Waals surface area contributed by atoms with Crippen LogP contribution in [0.5, 0.6) is 0 Å². The van der Waals surface area contributed by atoms with Crippen molar-refractivity contribution in [2.75, 3.05) is 20.3 Å². The highest BCUT2D eigenvalue weighted by atomic mass is 16.5. The second kappa shape index (κ2) is 8.67. The van der Waals surface area contributed by atoms with Gasteiger partial charge in [0.15, 0.2) is 6.61 Å². The summed E-state index contributed by atoms with van der Waals surface area (Å²) in [5, 5.41) is 4.29. The third-order valence-corrected chi connectivity index (χ3v) is 3.45. The Bertz CT molecular complexity index is 736. The zero-order valence-electron chi connectivity index (χ0n) is 13.4. The monoisotopic (exact) mass is 329 g/mol. The maximum absolute atomic E-state index is 12.2. The van der Waals surface area contributed by atoms with Gasteiger partial charge in [0.25, 0.3) is 5.91 Å². The number of methoxy groups -OCH3 is 1. The Labute approximate surface area is 139 Å². The van der Waals surface area contributed by atoms with E-state index >= 15 is 0 Å². The molecule has 0 bridgehead atoms. The van der Waals surface area contributed by atoms with Crippen LogP contribution in [0.25, 0.3) is 10.8 Å². The second-order valence-corrected chi connectivity index (χ2v) is 5.13. The SMILES string of the molecule is COC(=O)CCCNC(=O)COC(=O)c1cccc2ccccc12. The van der Waals surface area contributed by atoms with Gasteiger partial charge in [-0.05, 0) is 23.3 Å². The summed E-state index contributed by atoms with van der Waals surface area (Å²) in [5.41, 5.74) is 0.423. The van der Waals surface area contributed by atoms with Crippen molar-refractivity contribution in [3.63, 3.8) is 0 Å². The zero-order chi connectivity index (χ0) is 17.4. The van der Waals surface area contributed by atoms with Crippen LogP contribution in [-0.2, 0) is 19.1 Å². The van der Waals surface area contributed by atoms with Crippen molar-refractivity contribution in [1.82, 2.24) is 5.32 Å². The maximum Gasteiger partial charge on any atom is 0.339 e. The molecule has 0 aliphatic heterocycles. The van der Waals surface area contributed by atoms with E-state index in [2.05, 4.69) is 10.1 Å². The Morgan fingerprint density at radius 2 is 1.79 bits per heavy atom. The third-order valence-electron chi connectivity index (χ3n) is 3.45. The quantitative estimate of drug-likeness (QED) is 0.621. The fourth-order valence-electron chi connectivity index (χ4n) is 2.23. The summed E-state index contributed by atoms with van der Waals surface area (Å²) >= 11 is 0. The number of benzene rings is 2. The van der Waals surface area contributed by atoms with E-state index in [-0.39, 0.29) is 19.0 Å². The molecule has 6 heteroatoms. The fraction of sp³-hybridized carbons (Fsp3) is 0.278. The first-order valence-corrected chi connectivity index (χ1v) is 7.60. The highest BCUT2D eigenvalue weighted by molar-refractivity contribution is 6.04. The van der Waals surface area contributed by atoms with Gasteiger partial charge in [0.1, 0.15) is 0 Å². The molecule has 0 radical (unpaired) electrons. The molecule has 24 heavy (non-hydrogen) atoms. The van der Waals surface area contributed by atoms with Crippen LogP contribution in [0.3, 0.4) is 0 Å². The zero-order valence-corrected chi connectivity index (χ0v) is 13.4. The van der Waals surface area contributed by atoms with Crippen molar-refractivity contribution in [2.45, 2.75) is 12.8 Å². The van der Waals surface area contributed by atoms with Crippen LogP contribution >= 0.6 is 0 Å². The van der Waals surface area contributed by atoms with Gasteiger partial charge in [-0.3, -0.25) is 9.59 Å². The number of nitrogens with one attached hydrogen (secondary N) is 1. The molecule has 0 unspecified atom stereocenters. The summed E-state index contributed by atoms with van der Waals surface area (Å²) in [7, 11) is 1.31. The average Bonchev–Trinajstić information content (AvgIpc) is 2.62. The maximum atomic E-state index is 12.2. The van der Waals surface area contributed by atoms with Crippen molar-refractivity contribution in [3.8, 4) is 0 Å². The van der Waals surface area contributed by atoms with Crippen molar-refractivity contribution < 1.29 is 23.9 Å². The summed E-state index contributed by atoms with van der Waals surface area (Å²) in [6, 6.07) is 12.8. The summed E-state index contributed by atoms with van der Waals surface area (Å²) in [5.74, 6) is -1.28. The van der Waals surface area contributed by atoms with E-state index in [0.717, 1.165) is 10.8 Å². The molecule has 2 aromatic carbocycles. The van der Waals surface area contributed by atoms with Gasteiger partial charge in [0, 0.05) is 13.0 Å². The first-order chi connectivity index (χ1) is 11.6. The number of carbonyl (C=O) groups excluding carboxylic acids is 3.